The Morgan fingerprint density at radius 2 is 2.05 bits per heavy atom. The Hall–Kier alpha value is -2.12. The minimum absolute atomic E-state index is 0.0872. The summed E-state index contributed by atoms with van der Waals surface area (Å²) in [6.07, 6.45) is 4.50. The summed E-state index contributed by atoms with van der Waals surface area (Å²) in [6.45, 7) is 0.457. The lowest BCUT2D eigenvalue weighted by molar-refractivity contribution is 0.586. The molecule has 6 nitrogen and oxygen atoms in total. The maximum absolute atomic E-state index is 12.9. The second-order valence-corrected chi connectivity index (χ2v) is 6.66. The van der Waals surface area contributed by atoms with Crippen molar-refractivity contribution in [2.45, 2.75) is 17.7 Å². The predicted octanol–water partition coefficient (Wildman–Crippen LogP) is 1.51. The fourth-order valence-electron chi connectivity index (χ4n) is 2.57. The maximum atomic E-state index is 12.9. The molecule has 110 valence electrons. The molecule has 0 fully saturated rings. The molecule has 0 amide bonds. The van der Waals surface area contributed by atoms with Crippen LogP contribution in [0.3, 0.4) is 0 Å². The topological polar surface area (TPSA) is 88.3 Å². The highest BCUT2D eigenvalue weighted by molar-refractivity contribution is 7.93. The first-order chi connectivity index (χ1) is 10.1. The van der Waals surface area contributed by atoms with Gasteiger partial charge in [0.1, 0.15) is 4.90 Å². The maximum Gasteiger partial charge on any atom is 0.267 e. The summed E-state index contributed by atoms with van der Waals surface area (Å²) in [5.41, 5.74) is 4.53. The van der Waals surface area contributed by atoms with E-state index in [1.165, 1.54) is 16.7 Å². The third kappa shape index (κ3) is 2.34. The van der Waals surface area contributed by atoms with E-state index in [0.29, 0.717) is 12.2 Å². The standard InChI is InChI=1S/C14H16N4O2S/c15-17-12-7-8-16-10-14(12)21(19,20)18-9-3-5-11-4-1-2-6-13(11)18/h1-2,4,6-8,10H,3,5,9,15H2,(H,16,17). The Balaban J connectivity index is 2.12. The summed E-state index contributed by atoms with van der Waals surface area (Å²) in [5.74, 6) is 5.41. The molecule has 3 N–H and O–H groups in total. The summed E-state index contributed by atoms with van der Waals surface area (Å²) in [7, 11) is -3.69. The van der Waals surface area contributed by atoms with Crippen molar-refractivity contribution in [3.05, 3.63) is 48.3 Å². The van der Waals surface area contributed by atoms with Crippen molar-refractivity contribution in [1.29, 1.82) is 0 Å². The monoisotopic (exact) mass is 304 g/mol. The molecule has 1 aromatic carbocycles. The van der Waals surface area contributed by atoms with E-state index < -0.39 is 10.0 Å². The van der Waals surface area contributed by atoms with Crippen molar-refractivity contribution < 1.29 is 8.42 Å². The SMILES string of the molecule is NNc1ccncc1S(=O)(=O)N1CCCc2ccccc21. The highest BCUT2D eigenvalue weighted by Crippen LogP contribution is 2.33. The van der Waals surface area contributed by atoms with Crippen LogP contribution in [0.5, 0.6) is 0 Å². The van der Waals surface area contributed by atoms with E-state index in [2.05, 4.69) is 10.4 Å². The molecular weight excluding hydrogens is 288 g/mol. The van der Waals surface area contributed by atoms with Crippen LogP contribution in [0.2, 0.25) is 0 Å². The largest absolute Gasteiger partial charge is 0.323 e. The quantitative estimate of drug-likeness (QED) is 0.663. The van der Waals surface area contributed by atoms with Crippen molar-refractivity contribution in [2.24, 2.45) is 5.84 Å². The van der Waals surface area contributed by atoms with E-state index in [9.17, 15) is 8.42 Å². The van der Waals surface area contributed by atoms with Crippen LogP contribution in [-0.2, 0) is 16.4 Å². The molecule has 1 aliphatic heterocycles. The first-order valence-electron chi connectivity index (χ1n) is 6.66. The molecular formula is C14H16N4O2S. The number of hydrazine groups is 1. The second-order valence-electron chi connectivity index (χ2n) is 4.83. The number of nitrogens with one attached hydrogen (secondary N) is 1. The number of nitrogen functional groups attached to an aromatic ring is 1. The number of nitrogens with two attached hydrogens (primary N) is 1. The molecule has 7 heteroatoms. The van der Waals surface area contributed by atoms with Crippen LogP contribution in [0.15, 0.2) is 47.6 Å². The number of aryl methyl sites for hydroxylation is 1. The lowest BCUT2D eigenvalue weighted by atomic mass is 10.0. The highest BCUT2D eigenvalue weighted by atomic mass is 32.2. The third-order valence-electron chi connectivity index (χ3n) is 3.58. The molecule has 2 heterocycles. The van der Waals surface area contributed by atoms with Crippen molar-refractivity contribution in [2.75, 3.05) is 16.3 Å². The van der Waals surface area contributed by atoms with E-state index in [4.69, 9.17) is 5.84 Å². The van der Waals surface area contributed by atoms with Gasteiger partial charge < -0.3 is 5.43 Å². The van der Waals surface area contributed by atoms with Gasteiger partial charge in [-0.2, -0.15) is 0 Å². The number of hydrogen-bond acceptors (Lipinski definition) is 5. The minimum Gasteiger partial charge on any atom is -0.323 e. The average Bonchev–Trinajstić information content (AvgIpc) is 2.54. The van der Waals surface area contributed by atoms with Gasteiger partial charge in [-0.05, 0) is 30.5 Å². The highest BCUT2D eigenvalue weighted by Gasteiger charge is 2.30. The number of para-hydroxylation sites is 1. The van der Waals surface area contributed by atoms with Crippen LogP contribution < -0.4 is 15.6 Å². The van der Waals surface area contributed by atoms with Crippen LogP contribution in [-0.4, -0.2) is 19.9 Å². The molecule has 0 aliphatic carbocycles. The summed E-state index contributed by atoms with van der Waals surface area (Å²) >= 11 is 0. The lowest BCUT2D eigenvalue weighted by Crippen LogP contribution is -2.36. The van der Waals surface area contributed by atoms with Crippen LogP contribution in [0.4, 0.5) is 11.4 Å². The zero-order chi connectivity index (χ0) is 14.9. The van der Waals surface area contributed by atoms with Gasteiger partial charge in [-0.3, -0.25) is 15.1 Å². The van der Waals surface area contributed by atoms with Crippen LogP contribution >= 0.6 is 0 Å². The zero-order valence-electron chi connectivity index (χ0n) is 11.4. The van der Waals surface area contributed by atoms with Crippen molar-refractivity contribution in [3.63, 3.8) is 0 Å². The van der Waals surface area contributed by atoms with Crippen molar-refractivity contribution >= 4 is 21.4 Å². The third-order valence-corrected chi connectivity index (χ3v) is 5.42. The molecule has 2 aromatic rings. The molecule has 0 unspecified atom stereocenters. The Bertz CT molecular complexity index is 761. The number of benzene rings is 1. The zero-order valence-corrected chi connectivity index (χ0v) is 12.2. The van der Waals surface area contributed by atoms with Gasteiger partial charge in [0.25, 0.3) is 10.0 Å². The van der Waals surface area contributed by atoms with E-state index >= 15 is 0 Å². The molecule has 1 aliphatic rings. The molecule has 0 saturated carbocycles. The van der Waals surface area contributed by atoms with Crippen LogP contribution in [0, 0.1) is 0 Å². The number of hydrogen-bond donors (Lipinski definition) is 2. The van der Waals surface area contributed by atoms with Gasteiger partial charge >= 0.3 is 0 Å². The number of sulfonamides is 1. The number of fused-ring (bicyclic) bond motifs is 1. The molecule has 3 rings (SSSR count). The normalized spacial score (nSPS) is 14.6. The Morgan fingerprint density at radius 1 is 1.24 bits per heavy atom. The fraction of sp³-hybridized carbons (Fsp3) is 0.214. The molecule has 0 spiro atoms. The van der Waals surface area contributed by atoms with Crippen molar-refractivity contribution in [3.8, 4) is 0 Å². The van der Waals surface area contributed by atoms with Gasteiger partial charge in [0.15, 0.2) is 0 Å². The predicted molar refractivity (Wildman–Crippen MR) is 81.3 cm³/mol. The Labute approximate surface area is 123 Å². The summed E-state index contributed by atoms with van der Waals surface area (Å²) in [6, 6.07) is 9.10. The summed E-state index contributed by atoms with van der Waals surface area (Å²) in [5, 5.41) is 0. The lowest BCUT2D eigenvalue weighted by Gasteiger charge is -2.30. The minimum atomic E-state index is -3.69. The van der Waals surface area contributed by atoms with Gasteiger partial charge in [-0.1, -0.05) is 18.2 Å². The Kier molecular flexibility index (Phi) is 3.52. The van der Waals surface area contributed by atoms with Crippen LogP contribution in [0.25, 0.3) is 0 Å². The molecule has 0 radical (unpaired) electrons. The fourth-order valence-corrected chi connectivity index (χ4v) is 4.22. The van der Waals surface area contributed by atoms with Crippen molar-refractivity contribution in [1.82, 2.24) is 4.98 Å². The van der Waals surface area contributed by atoms with Gasteiger partial charge in [-0.25, -0.2) is 8.42 Å². The smallest absolute Gasteiger partial charge is 0.267 e. The first-order valence-corrected chi connectivity index (χ1v) is 8.10. The summed E-state index contributed by atoms with van der Waals surface area (Å²) < 4.78 is 27.3. The molecule has 21 heavy (non-hydrogen) atoms. The molecule has 1 aromatic heterocycles. The summed E-state index contributed by atoms with van der Waals surface area (Å²) in [4.78, 5) is 4.00. The number of nitrogens with zero attached hydrogens (tertiary/aromatic N) is 2. The second kappa shape index (κ2) is 5.34. The number of rotatable bonds is 3. The molecule has 0 saturated heterocycles. The van der Waals surface area contributed by atoms with Gasteiger partial charge in [0.05, 0.1) is 11.4 Å². The number of aromatic nitrogens is 1. The van der Waals surface area contributed by atoms with Gasteiger partial charge in [0.2, 0.25) is 0 Å². The van der Waals surface area contributed by atoms with E-state index in [-0.39, 0.29) is 4.90 Å². The van der Waals surface area contributed by atoms with Crippen LogP contribution in [0.1, 0.15) is 12.0 Å². The van der Waals surface area contributed by atoms with Gasteiger partial charge in [-0.15, -0.1) is 0 Å². The van der Waals surface area contributed by atoms with Gasteiger partial charge in [0, 0.05) is 18.9 Å². The molecule has 0 bridgehead atoms. The van der Waals surface area contributed by atoms with E-state index in [1.54, 1.807) is 6.07 Å². The number of pyridine rings is 1. The molecule has 0 atom stereocenters. The average molecular weight is 304 g/mol. The number of anilines is 2. The Morgan fingerprint density at radius 3 is 2.86 bits per heavy atom. The van der Waals surface area contributed by atoms with E-state index in [1.807, 2.05) is 24.3 Å². The van der Waals surface area contributed by atoms with E-state index in [0.717, 1.165) is 24.1 Å². The first kappa shape index (κ1) is 13.8.